The number of ether oxygens (including phenoxy) is 8. The molecule has 4 saturated carbocycles. The SMILES string of the molecule is C[C@@H]1O[C@@H](O[C@H]2[C@H](OC(=O)C3CC(C)(C)C[C@H]4C5=CC[C@@H]6[C@@]7(C)C[C@H](O)[C@H](O[C@@H]8O[C@H](CO)[C@@H](O)[C@H](O)[C@H]8O)C(CO)(CO)[C@@H]7CC[C@@]6(C)[C@]5(C)C[C@@H](O)C34)OC[C@H](O)[C@@H]2O)[C@H](O)[C@H](O)[C@H]1OC1OC[C@@H](O)[C@H](O)[C@H]1O. The molecule has 5 aliphatic carbocycles. The Labute approximate surface area is 441 Å². The molecule has 4 aliphatic heterocycles. The van der Waals surface area contributed by atoms with E-state index in [4.69, 9.17) is 37.9 Å². The molecule has 436 valence electrons. The van der Waals surface area contributed by atoms with E-state index in [-0.39, 0.29) is 31.3 Å². The van der Waals surface area contributed by atoms with Crippen molar-refractivity contribution < 1.29 is 119 Å². The van der Waals surface area contributed by atoms with E-state index in [0.717, 1.165) is 5.57 Å². The fraction of sp³-hybridized carbons (Fsp3) is 0.942. The van der Waals surface area contributed by atoms with E-state index in [0.29, 0.717) is 32.1 Å². The van der Waals surface area contributed by atoms with Gasteiger partial charge in [0.2, 0.25) is 6.29 Å². The lowest BCUT2D eigenvalue weighted by Gasteiger charge is -2.71. The molecular weight excluding hydrogens is 1010 g/mol. The normalized spacial score (nSPS) is 54.0. The minimum Gasteiger partial charge on any atom is -0.432 e. The Kier molecular flexibility index (Phi) is 16.7. The van der Waals surface area contributed by atoms with Gasteiger partial charge in [0.1, 0.15) is 73.2 Å². The molecule has 29 atom stereocenters. The number of fused-ring (bicyclic) bond motifs is 7. The summed E-state index contributed by atoms with van der Waals surface area (Å²) in [6.45, 7) is 9.15. The summed E-state index contributed by atoms with van der Waals surface area (Å²) < 4.78 is 46.7. The third-order valence-electron chi connectivity index (χ3n) is 20.5. The van der Waals surface area contributed by atoms with Gasteiger partial charge in [-0.3, -0.25) is 4.79 Å². The molecule has 0 aromatic heterocycles. The number of carbonyl (C=O) groups excluding carboxylic acids is 1. The average Bonchev–Trinajstić information content (AvgIpc) is 3.57. The first-order valence-electron chi connectivity index (χ1n) is 27.0. The second kappa shape index (κ2) is 21.6. The smallest absolute Gasteiger partial charge is 0.311 e. The van der Waals surface area contributed by atoms with E-state index >= 15 is 0 Å². The maximum atomic E-state index is 14.8. The molecule has 24 heteroatoms. The van der Waals surface area contributed by atoms with Crippen molar-refractivity contribution in [3.05, 3.63) is 11.6 Å². The molecule has 0 spiro atoms. The highest BCUT2D eigenvalue weighted by Gasteiger charge is 2.72. The Morgan fingerprint density at radius 3 is 1.88 bits per heavy atom. The Balaban J connectivity index is 0.933. The van der Waals surface area contributed by atoms with Crippen LogP contribution in [0.4, 0.5) is 0 Å². The first-order chi connectivity index (χ1) is 35.6. The van der Waals surface area contributed by atoms with Crippen LogP contribution in [0.3, 0.4) is 0 Å². The van der Waals surface area contributed by atoms with Crippen LogP contribution in [-0.2, 0) is 42.7 Å². The number of allylic oxidation sites excluding steroid dienone is 2. The van der Waals surface area contributed by atoms with Crippen molar-refractivity contribution in [3.8, 4) is 0 Å². The fourth-order valence-electron chi connectivity index (χ4n) is 16.4. The van der Waals surface area contributed by atoms with Crippen LogP contribution in [-0.4, -0.2) is 245 Å². The van der Waals surface area contributed by atoms with Gasteiger partial charge in [-0.2, -0.15) is 0 Å². The summed E-state index contributed by atoms with van der Waals surface area (Å²) in [4.78, 5) is 14.8. The number of carbonyl (C=O) groups is 1. The minimum atomic E-state index is -1.89. The lowest BCUT2D eigenvalue weighted by molar-refractivity contribution is -0.368. The molecule has 3 unspecified atom stereocenters. The Bertz CT molecular complexity index is 2080. The summed E-state index contributed by atoms with van der Waals surface area (Å²) in [7, 11) is 0. The molecule has 0 aromatic carbocycles. The van der Waals surface area contributed by atoms with Crippen molar-refractivity contribution in [1.82, 2.24) is 0 Å². The third-order valence-corrected chi connectivity index (χ3v) is 20.5. The second-order valence-electron chi connectivity index (χ2n) is 25.3. The molecule has 0 radical (unpaired) electrons. The molecule has 4 saturated heterocycles. The number of hydrogen-bond acceptors (Lipinski definition) is 24. The van der Waals surface area contributed by atoms with Crippen molar-refractivity contribution in [1.29, 1.82) is 0 Å². The summed E-state index contributed by atoms with van der Waals surface area (Å²) in [5.41, 5.74) is -2.81. The van der Waals surface area contributed by atoms with Crippen LogP contribution < -0.4 is 0 Å². The molecule has 15 N–H and O–H groups in total. The summed E-state index contributed by atoms with van der Waals surface area (Å²) in [6.07, 6.45) is -27.4. The molecule has 9 rings (SSSR count). The zero-order valence-electron chi connectivity index (χ0n) is 44.0. The highest BCUT2D eigenvalue weighted by Crippen LogP contribution is 2.75. The maximum absolute atomic E-state index is 14.8. The van der Waals surface area contributed by atoms with Gasteiger partial charge in [0.15, 0.2) is 25.0 Å². The van der Waals surface area contributed by atoms with Crippen molar-refractivity contribution in [2.45, 2.75) is 215 Å². The zero-order chi connectivity index (χ0) is 55.5. The largest absolute Gasteiger partial charge is 0.432 e. The number of hydrogen-bond donors (Lipinski definition) is 15. The van der Waals surface area contributed by atoms with Crippen molar-refractivity contribution in [3.63, 3.8) is 0 Å². The van der Waals surface area contributed by atoms with Crippen molar-refractivity contribution >= 4 is 5.97 Å². The van der Waals surface area contributed by atoms with Crippen molar-refractivity contribution in [2.75, 3.05) is 33.0 Å². The molecule has 0 bridgehead atoms. The Morgan fingerprint density at radius 1 is 0.618 bits per heavy atom. The molecule has 24 nitrogen and oxygen atoms in total. The quantitative estimate of drug-likeness (QED) is 0.0533. The lowest BCUT2D eigenvalue weighted by atomic mass is 9.33. The van der Waals surface area contributed by atoms with E-state index in [1.165, 1.54) is 6.92 Å². The van der Waals surface area contributed by atoms with Crippen LogP contribution in [0.15, 0.2) is 11.6 Å². The van der Waals surface area contributed by atoms with Gasteiger partial charge in [0.25, 0.3) is 0 Å². The monoisotopic (exact) mass is 1090 g/mol. The third kappa shape index (κ3) is 9.55. The minimum absolute atomic E-state index is 0.148. The fourth-order valence-corrected chi connectivity index (χ4v) is 16.4. The first-order valence-corrected chi connectivity index (χ1v) is 27.0. The van der Waals surface area contributed by atoms with Crippen LogP contribution in [0.25, 0.3) is 0 Å². The van der Waals surface area contributed by atoms with Crippen LogP contribution >= 0.6 is 0 Å². The molecule has 9 aliphatic rings. The van der Waals surface area contributed by atoms with E-state index in [1.54, 1.807) is 0 Å². The predicted octanol–water partition coefficient (Wildman–Crippen LogP) is -3.99. The zero-order valence-corrected chi connectivity index (χ0v) is 44.0. The molecule has 4 heterocycles. The van der Waals surface area contributed by atoms with Gasteiger partial charge in [-0.25, -0.2) is 0 Å². The summed E-state index contributed by atoms with van der Waals surface area (Å²) in [5, 5.41) is 164. The molecule has 8 fully saturated rings. The van der Waals surface area contributed by atoms with Crippen LogP contribution in [0.2, 0.25) is 0 Å². The number of aliphatic hydroxyl groups excluding tert-OH is 15. The van der Waals surface area contributed by atoms with Gasteiger partial charge in [0.05, 0.1) is 63.4 Å². The number of esters is 1. The van der Waals surface area contributed by atoms with Gasteiger partial charge in [-0.05, 0) is 91.3 Å². The Morgan fingerprint density at radius 2 is 1.22 bits per heavy atom. The van der Waals surface area contributed by atoms with E-state index < -0.39 is 206 Å². The summed E-state index contributed by atoms with van der Waals surface area (Å²) in [5.74, 6) is -3.24. The predicted molar refractivity (Wildman–Crippen MR) is 255 cm³/mol. The average molecular weight is 1090 g/mol. The highest BCUT2D eigenvalue weighted by atomic mass is 16.8. The van der Waals surface area contributed by atoms with Gasteiger partial charge in [-0.1, -0.05) is 46.3 Å². The van der Waals surface area contributed by atoms with Crippen LogP contribution in [0.1, 0.15) is 86.5 Å². The van der Waals surface area contributed by atoms with Gasteiger partial charge < -0.3 is 114 Å². The van der Waals surface area contributed by atoms with Crippen LogP contribution in [0, 0.1) is 56.7 Å². The molecule has 0 amide bonds. The molecule has 76 heavy (non-hydrogen) atoms. The summed E-state index contributed by atoms with van der Waals surface area (Å²) >= 11 is 0. The molecule has 0 aromatic rings. The standard InChI is InChI=1S/C52H84O24/c1-20-40(73-44-37(65)32(60)26(58)16-69-44)36(64)39(67)45(71-20)74-41-33(61)27(59)17-70-47(41)76-43(68)22-12-48(2,3)11-21-23-7-8-29-49(4)13-25(57)42(75-46-38(66)35(63)34(62)28(15-53)72-46)52(18-54,19-55)30(49)9-10-50(29,5)51(23,6)14-24(56)31(21)22/h7,20-22,24-42,44-47,53-67H,8-19H2,1-6H3/t20-,21-,22?,24+,25-,26+,27-,28+,29+,30+,31?,32-,33-,34+,35-,36-,37+,38+,39+,40-,41+,42-,44?,45-,46-,47-,49+,50+,51+/m0/s1. The number of aliphatic hydroxyl groups is 15. The number of rotatable bonds is 11. The Hall–Kier alpha value is -1.67. The summed E-state index contributed by atoms with van der Waals surface area (Å²) in [6, 6.07) is 0. The van der Waals surface area contributed by atoms with E-state index in [1.807, 2.05) is 13.8 Å². The van der Waals surface area contributed by atoms with E-state index in [9.17, 15) is 81.4 Å². The van der Waals surface area contributed by atoms with E-state index in [2.05, 4.69) is 26.8 Å². The molecular formula is C52H84O24. The van der Waals surface area contributed by atoms with Gasteiger partial charge in [-0.15, -0.1) is 0 Å². The maximum Gasteiger partial charge on any atom is 0.311 e. The highest BCUT2D eigenvalue weighted by molar-refractivity contribution is 5.73. The van der Waals surface area contributed by atoms with Gasteiger partial charge in [0, 0.05) is 11.3 Å². The lowest BCUT2D eigenvalue weighted by Crippen LogP contribution is -2.71. The van der Waals surface area contributed by atoms with Gasteiger partial charge >= 0.3 is 5.97 Å². The second-order valence-corrected chi connectivity index (χ2v) is 25.3. The van der Waals surface area contributed by atoms with Crippen LogP contribution in [0.5, 0.6) is 0 Å². The van der Waals surface area contributed by atoms with Crippen molar-refractivity contribution in [2.24, 2.45) is 56.7 Å². The first kappa shape index (κ1) is 59.0. The topological polar surface area (TPSA) is 394 Å².